The zero-order valence-corrected chi connectivity index (χ0v) is 15.7. The summed E-state index contributed by atoms with van der Waals surface area (Å²) in [5.74, 6) is -1.23. The Kier molecular flexibility index (Phi) is 4.62. The fourth-order valence-corrected chi connectivity index (χ4v) is 4.46. The van der Waals surface area contributed by atoms with Crippen LogP contribution in [0.3, 0.4) is 0 Å². The summed E-state index contributed by atoms with van der Waals surface area (Å²) in [4.78, 5) is 38.4. The van der Waals surface area contributed by atoms with Crippen molar-refractivity contribution >= 4 is 18.2 Å². The molecule has 2 aromatic rings. The number of amides is 2. The quantitative estimate of drug-likeness (QED) is 0.826. The molecule has 0 saturated carbocycles. The summed E-state index contributed by atoms with van der Waals surface area (Å²) in [6.45, 7) is -0.0950. The molecule has 1 aliphatic heterocycles. The van der Waals surface area contributed by atoms with Crippen LogP contribution in [0.2, 0.25) is 0 Å². The number of hydrogen-bond acceptors (Lipinski definition) is 4. The third-order valence-corrected chi connectivity index (χ3v) is 5.67. The van der Waals surface area contributed by atoms with Gasteiger partial charge in [-0.25, -0.2) is 14.4 Å². The molecule has 0 bridgehead atoms. The number of benzene rings is 2. The van der Waals surface area contributed by atoms with Gasteiger partial charge >= 0.3 is 18.2 Å². The van der Waals surface area contributed by atoms with Crippen molar-refractivity contribution in [3.05, 3.63) is 59.7 Å². The van der Waals surface area contributed by atoms with E-state index >= 15 is 0 Å². The van der Waals surface area contributed by atoms with E-state index in [9.17, 15) is 24.6 Å². The molecule has 0 unspecified atom stereocenters. The second-order valence-corrected chi connectivity index (χ2v) is 7.13. The summed E-state index contributed by atoms with van der Waals surface area (Å²) in [5.41, 5.74) is 3.79. The molecule has 1 fully saturated rings. The van der Waals surface area contributed by atoms with E-state index in [1.807, 2.05) is 48.5 Å². The third-order valence-electron chi connectivity index (χ3n) is 5.67. The lowest BCUT2D eigenvalue weighted by molar-refractivity contribution is -0.141. The Morgan fingerprint density at radius 2 is 1.55 bits per heavy atom. The van der Waals surface area contributed by atoms with E-state index in [2.05, 4.69) is 0 Å². The fraction of sp³-hybridized carbons (Fsp3) is 0.286. The summed E-state index contributed by atoms with van der Waals surface area (Å²) in [5, 5.41) is 18.9. The minimum Gasteiger partial charge on any atom is -0.480 e. The van der Waals surface area contributed by atoms with Gasteiger partial charge in [-0.1, -0.05) is 48.5 Å². The van der Waals surface area contributed by atoms with E-state index < -0.39 is 36.3 Å². The Morgan fingerprint density at radius 1 is 1.00 bits per heavy atom. The van der Waals surface area contributed by atoms with Gasteiger partial charge in [-0.2, -0.15) is 0 Å². The Bertz CT molecular complexity index is 923. The number of carbonyl (C=O) groups excluding carboxylic acids is 1. The first-order chi connectivity index (χ1) is 13.9. The van der Waals surface area contributed by atoms with Gasteiger partial charge in [0.1, 0.15) is 6.04 Å². The monoisotopic (exact) mass is 396 g/mol. The molecule has 0 radical (unpaired) electrons. The zero-order valence-electron chi connectivity index (χ0n) is 15.7. The number of fused-ring (bicyclic) bond motifs is 3. The highest BCUT2D eigenvalue weighted by molar-refractivity contribution is 5.83. The van der Waals surface area contributed by atoms with Gasteiger partial charge in [0.2, 0.25) is 0 Å². The van der Waals surface area contributed by atoms with Crippen LogP contribution in [0.15, 0.2) is 48.5 Å². The molecular formula is C21H20N2O6. The molecule has 4 rings (SSSR count). The van der Waals surface area contributed by atoms with Crippen LogP contribution < -0.4 is 0 Å². The lowest BCUT2D eigenvalue weighted by atomic mass is 10.0. The Balaban J connectivity index is 1.80. The second-order valence-electron chi connectivity index (χ2n) is 7.13. The lowest BCUT2D eigenvalue weighted by Crippen LogP contribution is -2.44. The summed E-state index contributed by atoms with van der Waals surface area (Å²) >= 11 is 0. The normalized spacial score (nSPS) is 20.1. The van der Waals surface area contributed by atoms with Crippen LogP contribution in [-0.4, -0.2) is 63.9 Å². The molecule has 2 amide bonds. The van der Waals surface area contributed by atoms with Crippen molar-refractivity contribution in [2.45, 2.75) is 24.5 Å². The maximum Gasteiger partial charge on any atom is 0.410 e. The average molecular weight is 396 g/mol. The highest BCUT2D eigenvalue weighted by Crippen LogP contribution is 2.47. The van der Waals surface area contributed by atoms with E-state index in [-0.39, 0.29) is 13.0 Å². The summed E-state index contributed by atoms with van der Waals surface area (Å²) in [6.07, 6.45) is -1.95. The van der Waals surface area contributed by atoms with E-state index in [0.717, 1.165) is 27.2 Å². The number of ether oxygens (including phenoxy) is 1. The van der Waals surface area contributed by atoms with Crippen molar-refractivity contribution in [1.29, 1.82) is 0 Å². The van der Waals surface area contributed by atoms with Crippen LogP contribution in [0.4, 0.5) is 9.59 Å². The molecule has 0 aromatic heterocycles. The summed E-state index contributed by atoms with van der Waals surface area (Å²) in [6, 6.07) is 13.1. The molecule has 2 N–H and O–H groups in total. The van der Waals surface area contributed by atoms with Crippen LogP contribution in [0.5, 0.6) is 0 Å². The zero-order chi connectivity index (χ0) is 20.7. The number of rotatable bonds is 3. The first kappa shape index (κ1) is 18.8. The molecule has 8 heteroatoms. The predicted molar refractivity (Wildman–Crippen MR) is 103 cm³/mol. The number of carbonyl (C=O) groups is 3. The van der Waals surface area contributed by atoms with Gasteiger partial charge in [-0.05, 0) is 22.3 Å². The highest BCUT2D eigenvalue weighted by Gasteiger charge is 2.47. The largest absolute Gasteiger partial charge is 0.480 e. The Labute approximate surface area is 166 Å². The molecule has 8 nitrogen and oxygen atoms in total. The smallest absolute Gasteiger partial charge is 0.410 e. The Morgan fingerprint density at radius 3 is 2.00 bits per heavy atom. The molecule has 2 atom stereocenters. The van der Waals surface area contributed by atoms with Crippen LogP contribution in [0.25, 0.3) is 11.1 Å². The number of likely N-dealkylation sites (tertiary alicyclic amines) is 1. The number of carboxylic acid groups (broad SMARTS) is 2. The minimum absolute atomic E-state index is 0.00241. The number of carboxylic acids is 1. The number of methoxy groups -OCH3 is 1. The van der Waals surface area contributed by atoms with Gasteiger partial charge in [0.05, 0.1) is 19.2 Å². The highest BCUT2D eigenvalue weighted by atomic mass is 16.5. The van der Waals surface area contributed by atoms with Crippen molar-refractivity contribution in [2.24, 2.45) is 0 Å². The minimum atomic E-state index is -1.32. The summed E-state index contributed by atoms with van der Waals surface area (Å²) < 4.78 is 5.03. The van der Waals surface area contributed by atoms with Crippen molar-refractivity contribution in [2.75, 3.05) is 13.7 Å². The lowest BCUT2D eigenvalue weighted by Gasteiger charge is -2.34. The van der Waals surface area contributed by atoms with Crippen molar-refractivity contribution in [3.8, 4) is 11.1 Å². The first-order valence-electron chi connectivity index (χ1n) is 9.21. The molecule has 1 saturated heterocycles. The van der Waals surface area contributed by atoms with E-state index in [4.69, 9.17) is 4.74 Å². The van der Waals surface area contributed by atoms with Crippen LogP contribution in [0.1, 0.15) is 23.6 Å². The molecule has 150 valence electrons. The molecular weight excluding hydrogens is 376 g/mol. The molecule has 1 heterocycles. The molecule has 2 aromatic carbocycles. The topological polar surface area (TPSA) is 107 Å². The first-order valence-corrected chi connectivity index (χ1v) is 9.21. The maximum atomic E-state index is 12.8. The van der Waals surface area contributed by atoms with Gasteiger partial charge in [0, 0.05) is 13.0 Å². The molecule has 0 spiro atoms. The fourth-order valence-electron chi connectivity index (χ4n) is 4.46. The van der Waals surface area contributed by atoms with Gasteiger partial charge in [0.15, 0.2) is 0 Å². The van der Waals surface area contributed by atoms with Gasteiger partial charge < -0.3 is 14.9 Å². The maximum absolute atomic E-state index is 12.8. The van der Waals surface area contributed by atoms with Crippen LogP contribution >= 0.6 is 0 Å². The molecule has 1 aliphatic carbocycles. The average Bonchev–Trinajstić information content (AvgIpc) is 3.30. The van der Waals surface area contributed by atoms with Crippen molar-refractivity contribution in [3.63, 3.8) is 0 Å². The van der Waals surface area contributed by atoms with E-state index in [1.165, 1.54) is 12.0 Å². The van der Waals surface area contributed by atoms with Gasteiger partial charge in [-0.15, -0.1) is 0 Å². The van der Waals surface area contributed by atoms with Gasteiger partial charge in [0.25, 0.3) is 0 Å². The summed E-state index contributed by atoms with van der Waals surface area (Å²) in [7, 11) is 1.26. The van der Waals surface area contributed by atoms with Crippen molar-refractivity contribution < 1.29 is 29.3 Å². The number of aliphatic carboxylic acids is 1. The van der Waals surface area contributed by atoms with E-state index in [1.54, 1.807) is 0 Å². The standard InChI is InChI=1S/C21H20N2O6/c1-29-21(28)23(12-10-17(19(24)25)22(11-12)20(26)27)18-15-8-4-2-6-13(15)14-7-3-5-9-16(14)18/h2-9,12,17-18H,10-11H2,1H3,(H,24,25)(H,26,27)/t12-,17+/m1/s1. The Hall–Kier alpha value is -3.55. The van der Waals surface area contributed by atoms with Crippen molar-refractivity contribution in [1.82, 2.24) is 9.80 Å². The molecule has 2 aliphatic rings. The van der Waals surface area contributed by atoms with Gasteiger partial charge in [-0.3, -0.25) is 9.80 Å². The predicted octanol–water partition coefficient (Wildman–Crippen LogP) is 3.03. The molecule has 29 heavy (non-hydrogen) atoms. The van der Waals surface area contributed by atoms with Crippen LogP contribution in [-0.2, 0) is 9.53 Å². The SMILES string of the molecule is COC(=O)N(C1c2ccccc2-c2ccccc21)[C@@H]1C[C@@H](C(=O)O)N(C(=O)O)C1. The third kappa shape index (κ3) is 2.97. The number of nitrogens with zero attached hydrogens (tertiary/aromatic N) is 2. The number of hydrogen-bond donors (Lipinski definition) is 2. The second kappa shape index (κ2) is 7.12. The van der Waals surface area contributed by atoms with Crippen LogP contribution in [0, 0.1) is 0 Å². The van der Waals surface area contributed by atoms with E-state index in [0.29, 0.717) is 0 Å².